The van der Waals surface area contributed by atoms with E-state index in [4.69, 9.17) is 5.26 Å². The zero-order valence-electron chi connectivity index (χ0n) is 11.1. The third kappa shape index (κ3) is 4.34. The van der Waals surface area contributed by atoms with Gasteiger partial charge in [-0.15, -0.1) is 13.2 Å². The fourth-order valence-electron chi connectivity index (χ4n) is 1.66. The Kier molecular flexibility index (Phi) is 5.28. The van der Waals surface area contributed by atoms with Gasteiger partial charge in [0.15, 0.2) is 0 Å². The molecule has 0 radical (unpaired) electrons. The lowest BCUT2D eigenvalue weighted by Crippen LogP contribution is -2.20. The molecule has 0 amide bonds. The second-order valence-corrected chi connectivity index (χ2v) is 3.84. The lowest BCUT2D eigenvalue weighted by molar-refractivity contribution is -0.386. The van der Waals surface area contributed by atoms with E-state index < -0.39 is 46.2 Å². The highest BCUT2D eigenvalue weighted by molar-refractivity contribution is 5.77. The summed E-state index contributed by atoms with van der Waals surface area (Å²) in [5.41, 5.74) is -2.07. The molecule has 0 bridgehead atoms. The van der Waals surface area contributed by atoms with E-state index >= 15 is 0 Å². The first-order valence-corrected chi connectivity index (χ1v) is 5.81. The number of benzene rings is 1. The summed E-state index contributed by atoms with van der Waals surface area (Å²) >= 11 is 0. The summed E-state index contributed by atoms with van der Waals surface area (Å²) in [5, 5.41) is 19.8. The Morgan fingerprint density at radius 2 is 2.09 bits per heavy atom. The summed E-state index contributed by atoms with van der Waals surface area (Å²) in [7, 11) is 0. The summed E-state index contributed by atoms with van der Waals surface area (Å²) in [6.07, 6.45) is -5.93. The van der Waals surface area contributed by atoms with Gasteiger partial charge in [0, 0.05) is 0 Å². The van der Waals surface area contributed by atoms with Gasteiger partial charge in [0.25, 0.3) is 5.69 Å². The first-order chi connectivity index (χ1) is 10.2. The molecule has 0 fully saturated rings. The molecule has 0 saturated heterocycles. The van der Waals surface area contributed by atoms with Crippen LogP contribution in [0.1, 0.15) is 18.1 Å². The maximum absolute atomic E-state index is 12.3. The largest absolute Gasteiger partial charge is 0.573 e. The Labute approximate surface area is 122 Å². The second kappa shape index (κ2) is 6.75. The summed E-state index contributed by atoms with van der Waals surface area (Å²) in [6, 6.07) is 3.04. The van der Waals surface area contributed by atoms with Gasteiger partial charge in [-0.3, -0.25) is 14.9 Å². The second-order valence-electron chi connectivity index (χ2n) is 3.84. The van der Waals surface area contributed by atoms with Gasteiger partial charge < -0.3 is 9.47 Å². The van der Waals surface area contributed by atoms with Crippen LogP contribution in [0.5, 0.6) is 5.75 Å². The molecular formula is C12H9F3N2O5. The Hall–Kier alpha value is -2.83. The molecular weight excluding hydrogens is 309 g/mol. The number of halogens is 3. The Balaban J connectivity index is 3.45. The lowest BCUT2D eigenvalue weighted by atomic mass is 10.0. The number of esters is 1. The minimum atomic E-state index is -5.11. The van der Waals surface area contributed by atoms with E-state index in [0.717, 1.165) is 12.1 Å². The van der Waals surface area contributed by atoms with Crippen LogP contribution in [0.4, 0.5) is 18.9 Å². The van der Waals surface area contributed by atoms with E-state index in [1.807, 2.05) is 0 Å². The maximum Gasteiger partial charge on any atom is 0.573 e. The number of hydrogen-bond donors (Lipinski definition) is 0. The van der Waals surface area contributed by atoms with E-state index in [1.54, 1.807) is 0 Å². The van der Waals surface area contributed by atoms with Crippen molar-refractivity contribution < 1.29 is 32.4 Å². The van der Waals surface area contributed by atoms with Gasteiger partial charge in [-0.25, -0.2) is 0 Å². The molecule has 10 heteroatoms. The van der Waals surface area contributed by atoms with E-state index in [0.29, 0.717) is 0 Å². The van der Waals surface area contributed by atoms with Crippen LogP contribution in [0.2, 0.25) is 0 Å². The number of nitrogens with zero attached hydrogens (tertiary/aromatic N) is 2. The van der Waals surface area contributed by atoms with E-state index in [-0.39, 0.29) is 6.61 Å². The van der Waals surface area contributed by atoms with Gasteiger partial charge in [0.1, 0.15) is 17.4 Å². The number of rotatable bonds is 5. The van der Waals surface area contributed by atoms with Gasteiger partial charge in [-0.05, 0) is 19.1 Å². The first kappa shape index (κ1) is 17.2. The summed E-state index contributed by atoms with van der Waals surface area (Å²) in [5.74, 6) is -1.90. The number of alkyl halides is 3. The van der Waals surface area contributed by atoms with Crippen LogP contribution in [-0.2, 0) is 16.0 Å². The molecule has 1 aromatic rings. The Morgan fingerprint density at radius 1 is 1.45 bits per heavy atom. The molecule has 118 valence electrons. The molecule has 0 aliphatic carbocycles. The minimum Gasteiger partial charge on any atom is -0.466 e. The number of ether oxygens (including phenoxy) is 2. The Bertz CT molecular complexity index is 637. The predicted molar refractivity (Wildman–Crippen MR) is 64.8 cm³/mol. The number of nitriles is 1. The molecule has 0 aliphatic rings. The fraction of sp³-hybridized carbons (Fsp3) is 0.333. The third-order valence-electron chi connectivity index (χ3n) is 2.39. The molecule has 0 aromatic heterocycles. The zero-order valence-corrected chi connectivity index (χ0v) is 11.1. The van der Waals surface area contributed by atoms with Gasteiger partial charge >= 0.3 is 12.3 Å². The lowest BCUT2D eigenvalue weighted by Gasteiger charge is -2.13. The van der Waals surface area contributed by atoms with Crippen LogP contribution < -0.4 is 4.74 Å². The van der Waals surface area contributed by atoms with Crippen molar-refractivity contribution in [2.24, 2.45) is 0 Å². The molecule has 7 nitrogen and oxygen atoms in total. The van der Waals surface area contributed by atoms with Crippen molar-refractivity contribution in [3.63, 3.8) is 0 Å². The van der Waals surface area contributed by atoms with Crippen molar-refractivity contribution >= 4 is 11.7 Å². The maximum atomic E-state index is 12.3. The molecule has 0 spiro atoms. The molecule has 0 saturated carbocycles. The van der Waals surface area contributed by atoms with Crippen molar-refractivity contribution in [1.29, 1.82) is 5.26 Å². The number of nitro benzene ring substituents is 1. The van der Waals surface area contributed by atoms with Gasteiger partial charge in [0.2, 0.25) is 0 Å². The van der Waals surface area contributed by atoms with Crippen LogP contribution in [0.25, 0.3) is 0 Å². The van der Waals surface area contributed by atoms with Crippen LogP contribution in [0, 0.1) is 21.4 Å². The first-order valence-electron chi connectivity index (χ1n) is 5.81. The number of carbonyl (C=O) groups is 1. The zero-order chi connectivity index (χ0) is 16.9. The van der Waals surface area contributed by atoms with Crippen LogP contribution in [0.3, 0.4) is 0 Å². The summed E-state index contributed by atoms with van der Waals surface area (Å²) < 4.78 is 45.3. The van der Waals surface area contributed by atoms with Crippen LogP contribution >= 0.6 is 0 Å². The minimum absolute atomic E-state index is 0.0555. The highest BCUT2D eigenvalue weighted by atomic mass is 19.4. The topological polar surface area (TPSA) is 102 Å². The van der Waals surface area contributed by atoms with E-state index in [1.165, 1.54) is 13.0 Å². The Morgan fingerprint density at radius 3 is 2.55 bits per heavy atom. The molecule has 0 heterocycles. The number of carbonyl (C=O) groups excluding carboxylic acids is 1. The highest BCUT2D eigenvalue weighted by Gasteiger charge is 2.35. The number of nitro groups is 1. The predicted octanol–water partition coefficient (Wildman–Crippen LogP) is 2.47. The van der Waals surface area contributed by atoms with Crippen molar-refractivity contribution in [3.8, 4) is 11.8 Å². The average Bonchev–Trinajstić information content (AvgIpc) is 2.38. The van der Waals surface area contributed by atoms with Crippen LogP contribution in [-0.4, -0.2) is 23.9 Å². The van der Waals surface area contributed by atoms with Gasteiger partial charge in [-0.1, -0.05) is 0 Å². The van der Waals surface area contributed by atoms with Crippen molar-refractivity contribution in [3.05, 3.63) is 33.4 Å². The molecule has 0 N–H and O–H groups in total. The smallest absolute Gasteiger partial charge is 0.466 e. The highest BCUT2D eigenvalue weighted by Crippen LogP contribution is 2.35. The molecule has 0 aliphatic heterocycles. The van der Waals surface area contributed by atoms with Crippen molar-refractivity contribution in [2.45, 2.75) is 19.7 Å². The molecule has 1 rings (SSSR count). The SMILES string of the molecule is CCOC(=O)Cc1c(OC(F)(F)F)ccc(C#N)c1[N+](=O)[O-]. The standard InChI is InChI=1S/C12H9F3N2O5/c1-2-21-10(18)5-8-9(22-12(13,14)15)4-3-7(6-16)11(8)17(19)20/h3-4H,2,5H2,1H3. The van der Waals surface area contributed by atoms with Crippen LogP contribution in [0.15, 0.2) is 12.1 Å². The molecule has 0 unspecified atom stereocenters. The molecule has 0 atom stereocenters. The summed E-state index contributed by atoms with van der Waals surface area (Å²) in [6.45, 7) is 1.41. The van der Waals surface area contributed by atoms with Gasteiger partial charge in [0.05, 0.1) is 23.5 Å². The average molecular weight is 318 g/mol. The quantitative estimate of drug-likeness (QED) is 0.469. The van der Waals surface area contributed by atoms with Gasteiger partial charge in [-0.2, -0.15) is 5.26 Å². The van der Waals surface area contributed by atoms with E-state index in [2.05, 4.69) is 9.47 Å². The fourth-order valence-corrected chi connectivity index (χ4v) is 1.66. The summed E-state index contributed by atoms with van der Waals surface area (Å²) in [4.78, 5) is 21.4. The number of hydrogen-bond acceptors (Lipinski definition) is 6. The van der Waals surface area contributed by atoms with Crippen molar-refractivity contribution in [1.82, 2.24) is 0 Å². The monoisotopic (exact) mass is 318 g/mol. The van der Waals surface area contributed by atoms with Crippen molar-refractivity contribution in [2.75, 3.05) is 6.61 Å². The normalized spacial score (nSPS) is 10.7. The molecule has 22 heavy (non-hydrogen) atoms. The molecule has 1 aromatic carbocycles. The third-order valence-corrected chi connectivity index (χ3v) is 2.39. The van der Waals surface area contributed by atoms with E-state index in [9.17, 15) is 28.1 Å².